The van der Waals surface area contributed by atoms with E-state index in [1.54, 1.807) is 12.1 Å². The molecule has 7 nitrogen and oxygen atoms in total. The van der Waals surface area contributed by atoms with Gasteiger partial charge in [-0.25, -0.2) is 0 Å². The van der Waals surface area contributed by atoms with Crippen LogP contribution in [0.3, 0.4) is 0 Å². The van der Waals surface area contributed by atoms with E-state index in [0.29, 0.717) is 5.69 Å². The number of nitrogens with zero attached hydrogens (tertiary/aromatic N) is 2. The third kappa shape index (κ3) is 2.33. The third-order valence-corrected chi connectivity index (χ3v) is 4.50. The monoisotopic (exact) mass is 290 g/mol. The van der Waals surface area contributed by atoms with E-state index in [9.17, 15) is 14.9 Å². The molecule has 1 amide bonds. The molecule has 2 unspecified atom stereocenters. The van der Waals surface area contributed by atoms with Crippen molar-refractivity contribution < 1.29 is 9.72 Å². The third-order valence-electron chi connectivity index (χ3n) is 4.50. The van der Waals surface area contributed by atoms with E-state index in [2.05, 4.69) is 4.90 Å². The molecule has 2 atom stereocenters. The van der Waals surface area contributed by atoms with Crippen LogP contribution in [-0.2, 0) is 0 Å². The molecule has 21 heavy (non-hydrogen) atoms. The molecule has 2 heterocycles. The molecule has 112 valence electrons. The van der Waals surface area contributed by atoms with E-state index in [0.717, 1.165) is 25.7 Å². The van der Waals surface area contributed by atoms with Crippen LogP contribution in [0.5, 0.6) is 0 Å². The first-order valence-electron chi connectivity index (χ1n) is 7.09. The van der Waals surface area contributed by atoms with Gasteiger partial charge in [0.25, 0.3) is 5.69 Å². The van der Waals surface area contributed by atoms with Crippen LogP contribution < -0.4 is 16.4 Å². The lowest BCUT2D eigenvalue weighted by Gasteiger charge is -2.39. The van der Waals surface area contributed by atoms with Gasteiger partial charge in [0.05, 0.1) is 4.92 Å². The Morgan fingerprint density at radius 1 is 1.29 bits per heavy atom. The predicted octanol–water partition coefficient (Wildman–Crippen LogP) is 1.15. The van der Waals surface area contributed by atoms with Gasteiger partial charge in [0.15, 0.2) is 0 Å². The topological polar surface area (TPSA) is 115 Å². The standard InChI is InChI=1S/C14H18N4O3/c15-9-6-10-2-3-11(7-9)17(10)12-4-1-8(14(16)19)5-13(12)18(20)21/h1,4-5,9-11H,2-3,6-7,15H2,(H2,16,19). The molecule has 3 rings (SSSR count). The summed E-state index contributed by atoms with van der Waals surface area (Å²) in [7, 11) is 0. The summed E-state index contributed by atoms with van der Waals surface area (Å²) in [6, 6.07) is 5.13. The van der Waals surface area contributed by atoms with Crippen molar-refractivity contribution in [1.29, 1.82) is 0 Å². The number of rotatable bonds is 3. The number of nitro benzene ring substituents is 1. The number of nitro groups is 1. The summed E-state index contributed by atoms with van der Waals surface area (Å²) < 4.78 is 0. The minimum atomic E-state index is -0.659. The first-order valence-corrected chi connectivity index (χ1v) is 7.09. The van der Waals surface area contributed by atoms with Crippen LogP contribution >= 0.6 is 0 Å². The summed E-state index contributed by atoms with van der Waals surface area (Å²) in [6.45, 7) is 0. The largest absolute Gasteiger partial charge is 0.366 e. The highest BCUT2D eigenvalue weighted by atomic mass is 16.6. The van der Waals surface area contributed by atoms with Gasteiger partial charge >= 0.3 is 0 Å². The number of hydrogen-bond donors (Lipinski definition) is 2. The lowest BCUT2D eigenvalue weighted by atomic mass is 9.97. The second-order valence-electron chi connectivity index (χ2n) is 5.85. The van der Waals surface area contributed by atoms with Crippen LogP contribution in [0.2, 0.25) is 0 Å². The fourth-order valence-electron chi connectivity index (χ4n) is 3.65. The smallest absolute Gasteiger partial charge is 0.293 e. The van der Waals surface area contributed by atoms with Gasteiger partial charge in [0.2, 0.25) is 5.91 Å². The minimum absolute atomic E-state index is 0.0568. The Labute approximate surface area is 122 Å². The Morgan fingerprint density at radius 3 is 2.43 bits per heavy atom. The van der Waals surface area contributed by atoms with E-state index in [1.807, 2.05) is 0 Å². The maximum Gasteiger partial charge on any atom is 0.293 e. The molecule has 0 aliphatic carbocycles. The van der Waals surface area contributed by atoms with Crippen molar-refractivity contribution in [3.05, 3.63) is 33.9 Å². The quantitative estimate of drug-likeness (QED) is 0.640. The average molecular weight is 290 g/mol. The molecule has 2 fully saturated rings. The van der Waals surface area contributed by atoms with Gasteiger partial charge in [-0.15, -0.1) is 0 Å². The molecule has 2 saturated heterocycles. The molecule has 7 heteroatoms. The fraction of sp³-hybridized carbons (Fsp3) is 0.500. The summed E-state index contributed by atoms with van der Waals surface area (Å²) in [5, 5.41) is 11.3. The molecule has 2 aliphatic heterocycles. The van der Waals surface area contributed by atoms with Gasteiger partial charge < -0.3 is 16.4 Å². The van der Waals surface area contributed by atoms with Crippen molar-refractivity contribution in [2.45, 2.75) is 43.8 Å². The van der Waals surface area contributed by atoms with Crippen LogP contribution in [-0.4, -0.2) is 29.0 Å². The van der Waals surface area contributed by atoms with Crippen LogP contribution in [0.25, 0.3) is 0 Å². The summed E-state index contributed by atoms with van der Waals surface area (Å²) in [4.78, 5) is 24.2. The van der Waals surface area contributed by atoms with E-state index < -0.39 is 10.8 Å². The molecule has 1 aromatic carbocycles. The van der Waals surface area contributed by atoms with Crippen LogP contribution in [0, 0.1) is 10.1 Å². The van der Waals surface area contributed by atoms with Crippen molar-refractivity contribution in [1.82, 2.24) is 0 Å². The Balaban J connectivity index is 2.02. The highest BCUT2D eigenvalue weighted by Gasteiger charge is 2.41. The van der Waals surface area contributed by atoms with Crippen molar-refractivity contribution in [3.63, 3.8) is 0 Å². The summed E-state index contributed by atoms with van der Waals surface area (Å²) in [5.41, 5.74) is 11.9. The number of amides is 1. The average Bonchev–Trinajstić information content (AvgIpc) is 2.69. The van der Waals surface area contributed by atoms with Crippen LogP contribution in [0.15, 0.2) is 18.2 Å². The number of nitrogens with two attached hydrogens (primary N) is 2. The lowest BCUT2D eigenvalue weighted by Crippen LogP contribution is -2.47. The first kappa shape index (κ1) is 13.8. The molecule has 2 aliphatic rings. The Morgan fingerprint density at radius 2 is 1.90 bits per heavy atom. The van der Waals surface area contributed by atoms with Crippen molar-refractivity contribution in [2.75, 3.05) is 4.90 Å². The van der Waals surface area contributed by atoms with Crippen LogP contribution in [0.4, 0.5) is 11.4 Å². The zero-order valence-electron chi connectivity index (χ0n) is 11.6. The van der Waals surface area contributed by atoms with Gasteiger partial charge in [-0.1, -0.05) is 0 Å². The van der Waals surface area contributed by atoms with E-state index in [-0.39, 0.29) is 29.4 Å². The highest BCUT2D eigenvalue weighted by molar-refractivity contribution is 5.94. The zero-order valence-corrected chi connectivity index (χ0v) is 11.6. The second-order valence-corrected chi connectivity index (χ2v) is 5.85. The number of hydrogen-bond acceptors (Lipinski definition) is 5. The lowest BCUT2D eigenvalue weighted by molar-refractivity contribution is -0.384. The van der Waals surface area contributed by atoms with Gasteiger partial charge in [-0.2, -0.15) is 0 Å². The molecule has 2 bridgehead atoms. The molecule has 0 spiro atoms. The normalized spacial score (nSPS) is 27.7. The number of fused-ring (bicyclic) bond motifs is 2. The molecule has 0 radical (unpaired) electrons. The van der Waals surface area contributed by atoms with E-state index >= 15 is 0 Å². The number of carbonyl (C=O) groups excluding carboxylic acids is 1. The number of carbonyl (C=O) groups is 1. The summed E-state index contributed by atoms with van der Waals surface area (Å²) >= 11 is 0. The summed E-state index contributed by atoms with van der Waals surface area (Å²) in [6.07, 6.45) is 3.72. The first-order chi connectivity index (χ1) is 9.97. The Bertz CT molecular complexity index is 590. The molecule has 0 aromatic heterocycles. The van der Waals surface area contributed by atoms with Crippen molar-refractivity contribution in [2.24, 2.45) is 11.5 Å². The van der Waals surface area contributed by atoms with E-state index in [1.165, 1.54) is 6.07 Å². The molecule has 0 saturated carbocycles. The SMILES string of the molecule is NC(=O)c1ccc(N2C3CCC2CC(N)C3)c([N+](=O)[O-])c1. The molecular formula is C14H18N4O3. The maximum absolute atomic E-state index is 11.3. The molecule has 1 aromatic rings. The predicted molar refractivity (Wildman–Crippen MR) is 78.1 cm³/mol. The van der Waals surface area contributed by atoms with Crippen molar-refractivity contribution >= 4 is 17.3 Å². The number of piperidine rings is 1. The molecular weight excluding hydrogens is 272 g/mol. The zero-order chi connectivity index (χ0) is 15.1. The fourth-order valence-corrected chi connectivity index (χ4v) is 3.65. The molecule has 4 N–H and O–H groups in total. The van der Waals surface area contributed by atoms with Crippen molar-refractivity contribution in [3.8, 4) is 0 Å². The Kier molecular flexibility index (Phi) is 3.29. The highest BCUT2D eigenvalue weighted by Crippen LogP contribution is 2.42. The minimum Gasteiger partial charge on any atom is -0.366 e. The van der Waals surface area contributed by atoms with Gasteiger partial charge in [-0.3, -0.25) is 14.9 Å². The van der Waals surface area contributed by atoms with Gasteiger partial charge in [0.1, 0.15) is 5.69 Å². The number of primary amides is 1. The van der Waals surface area contributed by atoms with E-state index in [4.69, 9.17) is 11.5 Å². The number of benzene rings is 1. The maximum atomic E-state index is 11.3. The summed E-state index contributed by atoms with van der Waals surface area (Å²) in [5.74, 6) is -0.659. The van der Waals surface area contributed by atoms with Crippen LogP contribution in [0.1, 0.15) is 36.0 Å². The number of anilines is 1. The van der Waals surface area contributed by atoms with Gasteiger partial charge in [-0.05, 0) is 37.8 Å². The second kappa shape index (κ2) is 5.00. The van der Waals surface area contributed by atoms with Gasteiger partial charge in [0, 0.05) is 29.8 Å². The Hall–Kier alpha value is -2.15.